The van der Waals surface area contributed by atoms with Gasteiger partial charge in [-0.3, -0.25) is 9.59 Å². The van der Waals surface area contributed by atoms with E-state index < -0.39 is 12.0 Å². The van der Waals surface area contributed by atoms with Crippen LogP contribution in [0.2, 0.25) is 0 Å². The lowest BCUT2D eigenvalue weighted by Gasteiger charge is -2.44. The molecule has 8 heterocycles. The van der Waals surface area contributed by atoms with Crippen LogP contribution in [0.15, 0.2) is 66.9 Å². The molecule has 6 aromatic heterocycles. The molecule has 2 aliphatic heterocycles. The van der Waals surface area contributed by atoms with Crippen molar-refractivity contribution in [2.24, 2.45) is 35.3 Å². The average molecular weight is 1080 g/mol. The van der Waals surface area contributed by atoms with Gasteiger partial charge in [0, 0.05) is 86.1 Å². The zero-order valence-corrected chi connectivity index (χ0v) is 45.7. The molecule has 16 rings (SSSR count). The molecule has 2 saturated heterocycles. The molecule has 2 aromatic carbocycles. The Labute approximate surface area is 462 Å². The van der Waals surface area contributed by atoms with Crippen LogP contribution in [0, 0.1) is 35.4 Å². The molecule has 4 bridgehead atoms. The molecule has 414 valence electrons. The molecule has 6 aliphatic carbocycles. The van der Waals surface area contributed by atoms with Crippen molar-refractivity contribution in [2.45, 2.75) is 146 Å². The topological polar surface area (TPSA) is 168 Å². The number of carbonyl (C=O) groups is 2. The van der Waals surface area contributed by atoms with E-state index in [2.05, 4.69) is 50.2 Å². The number of pyridine rings is 2. The van der Waals surface area contributed by atoms with Crippen LogP contribution >= 0.6 is 0 Å². The summed E-state index contributed by atoms with van der Waals surface area (Å²) in [6.45, 7) is 5.48. The van der Waals surface area contributed by atoms with Gasteiger partial charge in [-0.1, -0.05) is 0 Å². The first-order valence-electron chi connectivity index (χ1n) is 29.5. The van der Waals surface area contributed by atoms with Gasteiger partial charge in [0.2, 0.25) is 0 Å². The van der Waals surface area contributed by atoms with Crippen LogP contribution in [0.4, 0.5) is 14.6 Å². The molecule has 6 atom stereocenters. The van der Waals surface area contributed by atoms with Gasteiger partial charge in [-0.25, -0.2) is 28.7 Å². The van der Waals surface area contributed by atoms with Crippen LogP contribution in [0.25, 0.3) is 67.2 Å². The Morgan fingerprint density at radius 2 is 1.35 bits per heavy atom. The molecular weight excluding hydrogens is 1010 g/mol. The Bertz CT molecular complexity index is 3860. The Hall–Kier alpha value is -6.92. The second-order valence-electron chi connectivity index (χ2n) is 25.5. The normalized spacial score (nSPS) is 28.8. The first-order valence-corrected chi connectivity index (χ1v) is 29.5. The number of fused-ring (bicyclic) bond motifs is 8. The van der Waals surface area contributed by atoms with Crippen molar-refractivity contribution in [3.05, 3.63) is 83.8 Å². The number of amides is 2. The van der Waals surface area contributed by atoms with Crippen molar-refractivity contribution in [3.63, 3.8) is 0 Å². The second-order valence-corrected chi connectivity index (χ2v) is 25.5. The first kappa shape index (κ1) is 48.9. The molecule has 80 heavy (non-hydrogen) atoms. The minimum atomic E-state index is -0.880. The number of ether oxygens (including phenoxy) is 2. The Morgan fingerprint density at radius 3 is 2.04 bits per heavy atom. The highest BCUT2D eigenvalue weighted by molar-refractivity contribution is 6.01. The highest BCUT2D eigenvalue weighted by Gasteiger charge is 2.50. The van der Waals surface area contributed by atoms with Gasteiger partial charge in [-0.15, -0.1) is 0 Å². The van der Waals surface area contributed by atoms with E-state index in [4.69, 9.17) is 35.1 Å². The highest BCUT2D eigenvalue weighted by Crippen LogP contribution is 2.48. The third-order valence-corrected chi connectivity index (χ3v) is 20.3. The molecule has 3 N–H and O–H groups in total. The lowest BCUT2D eigenvalue weighted by Crippen LogP contribution is -2.44. The lowest BCUT2D eigenvalue weighted by molar-refractivity contribution is -0.0937. The minimum Gasteiger partial charge on any atom is -0.494 e. The number of carbonyl (C=O) groups excluding carboxylic acids is 2. The van der Waals surface area contributed by atoms with E-state index in [1.807, 2.05) is 44.8 Å². The third kappa shape index (κ3) is 7.76. The van der Waals surface area contributed by atoms with Gasteiger partial charge in [0.25, 0.3) is 11.8 Å². The number of imidazole rings is 2. The average Bonchev–Trinajstić information content (AvgIpc) is 4.04. The summed E-state index contributed by atoms with van der Waals surface area (Å²) in [5.74, 6) is 3.81. The summed E-state index contributed by atoms with van der Waals surface area (Å²) >= 11 is 0. The molecule has 0 unspecified atom stereocenters. The standard InChI is InChI=1S/C62H68F2N12O4/c1-62(80-3)25-34(26-62)29-75-54-43(64)17-39(60(77)73-30-37-10-13-46(73)52(37)65)18-44(54)67-58(75)48-21-36-12-15-51(70-57(36)72(48)28-33-8-9-33)69-53-38-11-14-47(53)74(31-38)61(78)40-19-45-55(50(22-40)79-2)76(42-23-41(63)24-42)59(68-45)49-20-35-5-4-16-66-56(35)71(49)27-32-6-7-32/h4-5,12,15-22,32-34,37-38,41-42,46-47,52-53H,6-11,13-14,23-31,65H2,1-3H3,(H,69,70)/t34-,37-,38-,41-,42-,46-,47-,52-,53-,62+/m1/s1. The van der Waals surface area contributed by atoms with E-state index in [1.54, 1.807) is 20.3 Å². The number of benzene rings is 2. The van der Waals surface area contributed by atoms with Crippen molar-refractivity contribution in [2.75, 3.05) is 32.6 Å². The Morgan fingerprint density at radius 1 is 0.713 bits per heavy atom. The quantitative estimate of drug-likeness (QED) is 0.101. The summed E-state index contributed by atoms with van der Waals surface area (Å²) in [7, 11) is 3.39. The predicted molar refractivity (Wildman–Crippen MR) is 301 cm³/mol. The summed E-state index contributed by atoms with van der Waals surface area (Å²) in [6, 6.07) is 19.2. The van der Waals surface area contributed by atoms with Crippen molar-refractivity contribution in [1.82, 2.24) is 48.0 Å². The van der Waals surface area contributed by atoms with Gasteiger partial charge in [-0.05, 0) is 174 Å². The number of piperidine rings is 2. The van der Waals surface area contributed by atoms with Crippen molar-refractivity contribution < 1.29 is 27.8 Å². The zero-order valence-electron chi connectivity index (χ0n) is 45.7. The first-order chi connectivity index (χ1) is 38.9. The molecule has 8 aliphatic rings. The maximum Gasteiger partial charge on any atom is 0.254 e. The van der Waals surface area contributed by atoms with Gasteiger partial charge in [-0.2, -0.15) is 0 Å². The highest BCUT2D eigenvalue weighted by atomic mass is 19.1. The molecule has 16 nitrogen and oxygen atoms in total. The summed E-state index contributed by atoms with van der Waals surface area (Å²) in [4.78, 5) is 53.7. The van der Waals surface area contributed by atoms with Crippen molar-refractivity contribution in [1.29, 1.82) is 0 Å². The van der Waals surface area contributed by atoms with E-state index in [-0.39, 0.29) is 65.4 Å². The maximum atomic E-state index is 16.9. The monoisotopic (exact) mass is 1080 g/mol. The number of alkyl halides is 1. The number of likely N-dealkylation sites (tertiary alicyclic amines) is 2. The molecular formula is C62H68F2N12O4. The largest absolute Gasteiger partial charge is 0.494 e. The number of nitrogens with two attached hydrogens (primary N) is 1. The number of hydrogen-bond acceptors (Lipinski definition) is 10. The van der Waals surface area contributed by atoms with Crippen LogP contribution in [-0.4, -0.2) is 123 Å². The van der Waals surface area contributed by atoms with E-state index in [9.17, 15) is 14.0 Å². The van der Waals surface area contributed by atoms with E-state index in [1.165, 1.54) is 18.9 Å². The van der Waals surface area contributed by atoms with E-state index in [0.717, 1.165) is 115 Å². The van der Waals surface area contributed by atoms with Crippen molar-refractivity contribution >= 4 is 61.8 Å². The number of aromatic nitrogens is 8. The maximum absolute atomic E-state index is 16.9. The molecule has 2 amide bonds. The fraction of sp³-hybridized carbons (Fsp3) is 0.516. The third-order valence-electron chi connectivity index (χ3n) is 20.3. The second kappa shape index (κ2) is 18.0. The van der Waals surface area contributed by atoms with Crippen LogP contribution in [-0.2, 0) is 24.4 Å². The molecule has 8 aromatic rings. The van der Waals surface area contributed by atoms with E-state index >= 15 is 4.39 Å². The van der Waals surface area contributed by atoms with Crippen LogP contribution in [0.3, 0.4) is 0 Å². The molecule has 8 fully saturated rings. The Kier molecular flexibility index (Phi) is 11.0. The number of rotatable bonds is 15. The number of nitrogens with one attached hydrogen (secondary N) is 1. The zero-order chi connectivity index (χ0) is 54.0. The smallest absolute Gasteiger partial charge is 0.254 e. The minimum absolute atomic E-state index is 0.0169. The molecule has 0 radical (unpaired) electrons. The number of anilines is 1. The fourth-order valence-corrected chi connectivity index (χ4v) is 15.6. The van der Waals surface area contributed by atoms with Crippen LogP contribution < -0.4 is 15.8 Å². The van der Waals surface area contributed by atoms with Gasteiger partial charge in [0.1, 0.15) is 45.9 Å². The summed E-state index contributed by atoms with van der Waals surface area (Å²) in [5.41, 5.74) is 13.0. The molecule has 18 heteroatoms. The summed E-state index contributed by atoms with van der Waals surface area (Å²) in [6.07, 6.45) is 11.8. The number of nitrogens with zero attached hydrogens (tertiary/aromatic N) is 10. The Balaban J connectivity index is 0.716. The van der Waals surface area contributed by atoms with Gasteiger partial charge < -0.3 is 48.6 Å². The van der Waals surface area contributed by atoms with Crippen LogP contribution in [0.1, 0.15) is 111 Å². The predicted octanol–water partition coefficient (Wildman–Crippen LogP) is 10.2. The van der Waals surface area contributed by atoms with Crippen molar-refractivity contribution in [3.8, 4) is 28.8 Å². The number of halogens is 2. The van der Waals surface area contributed by atoms with Gasteiger partial charge in [0.05, 0.1) is 47.2 Å². The lowest BCUT2D eigenvalue weighted by atomic mass is 9.72. The molecule has 6 saturated carbocycles. The van der Waals surface area contributed by atoms with E-state index in [0.29, 0.717) is 83.6 Å². The van der Waals surface area contributed by atoms with Crippen LogP contribution in [0.5, 0.6) is 5.75 Å². The summed E-state index contributed by atoms with van der Waals surface area (Å²) < 4.78 is 52.4. The molecule has 0 spiro atoms. The number of hydrogen-bond donors (Lipinski definition) is 2. The van der Waals surface area contributed by atoms with Gasteiger partial charge >= 0.3 is 0 Å². The SMILES string of the molecule is COc1cc(C(=O)N2C[C@H]3CC[C@@H]2[C@@H]3Nc2ccc3cc(-c4nc5cc(C(=O)N6C[C@H]7CC[C@@H]6[C@@H]7N)cc(F)c5n4C[C@H]4C[C@@](C)(OC)C4)n(CC4CC4)c3n2)cc2nc(-c3cc4cccnc4n3CC3CC3)n([C@H]3C[C@H](F)C3)c12. The fourth-order valence-electron chi connectivity index (χ4n) is 15.6. The summed E-state index contributed by atoms with van der Waals surface area (Å²) in [5, 5.41) is 5.84. The number of methoxy groups -OCH3 is 2. The van der Waals surface area contributed by atoms with Gasteiger partial charge in [0.15, 0.2) is 11.6 Å².